The van der Waals surface area contributed by atoms with Crippen molar-refractivity contribution in [2.24, 2.45) is 5.73 Å². The maximum atomic E-state index is 11.8. The van der Waals surface area contributed by atoms with Gasteiger partial charge in [0.25, 0.3) is 0 Å². The maximum Gasteiger partial charge on any atom is 0.408 e. The molecule has 0 saturated heterocycles. The van der Waals surface area contributed by atoms with Crippen molar-refractivity contribution in [2.75, 3.05) is 0 Å². The van der Waals surface area contributed by atoms with E-state index in [0.717, 1.165) is 11.0 Å². The van der Waals surface area contributed by atoms with E-state index in [1.165, 1.54) is 0 Å². The van der Waals surface area contributed by atoms with E-state index in [1.54, 1.807) is 0 Å². The zero-order valence-electron chi connectivity index (χ0n) is 6.04. The lowest BCUT2D eigenvalue weighted by molar-refractivity contribution is -0.143. The van der Waals surface area contributed by atoms with E-state index in [1.807, 2.05) is 0 Å². The number of nitrogens with two attached hydrogens (primary N) is 1. The van der Waals surface area contributed by atoms with E-state index >= 15 is 0 Å². The lowest BCUT2D eigenvalue weighted by atomic mass is 10.5. The molecule has 1 aromatic rings. The van der Waals surface area contributed by atoms with E-state index in [0.29, 0.717) is 0 Å². The van der Waals surface area contributed by atoms with E-state index in [2.05, 4.69) is 10.1 Å². The minimum Gasteiger partial charge on any atom is -0.324 e. The Balaban J connectivity index is 2.75. The smallest absolute Gasteiger partial charge is 0.324 e. The molecular formula is C5H7F3N4. The van der Waals surface area contributed by atoms with E-state index in [-0.39, 0.29) is 12.4 Å². The summed E-state index contributed by atoms with van der Waals surface area (Å²) in [6, 6.07) is 0. The lowest BCUT2D eigenvalue weighted by Crippen LogP contribution is -2.21. The molecule has 1 rings (SSSR count). The fraction of sp³-hybridized carbons (Fsp3) is 0.600. The van der Waals surface area contributed by atoms with Crippen molar-refractivity contribution >= 4 is 0 Å². The molecule has 4 nitrogen and oxygen atoms in total. The van der Waals surface area contributed by atoms with Crippen LogP contribution in [0.5, 0.6) is 0 Å². The Morgan fingerprint density at radius 1 is 1.50 bits per heavy atom. The van der Waals surface area contributed by atoms with Gasteiger partial charge in [-0.2, -0.15) is 18.3 Å². The molecular weight excluding hydrogens is 173 g/mol. The van der Waals surface area contributed by atoms with Crippen molar-refractivity contribution in [2.45, 2.75) is 19.3 Å². The Labute approximate surface area is 66.2 Å². The van der Waals surface area contributed by atoms with Crippen LogP contribution in [-0.4, -0.2) is 20.9 Å². The summed E-state index contributed by atoms with van der Waals surface area (Å²) in [7, 11) is 0. The van der Waals surface area contributed by atoms with Gasteiger partial charge in [-0.1, -0.05) is 0 Å². The molecule has 0 amide bonds. The second-order valence-electron chi connectivity index (χ2n) is 2.15. The molecule has 1 heterocycles. The predicted molar refractivity (Wildman–Crippen MR) is 34.0 cm³/mol. The van der Waals surface area contributed by atoms with Gasteiger partial charge in [-0.3, -0.25) is 0 Å². The van der Waals surface area contributed by atoms with Crippen LogP contribution in [0.2, 0.25) is 0 Å². The highest BCUT2D eigenvalue weighted by atomic mass is 19.4. The SMILES string of the molecule is NCc1ncnn1CC(F)(F)F. The Morgan fingerprint density at radius 2 is 2.17 bits per heavy atom. The van der Waals surface area contributed by atoms with Gasteiger partial charge in [-0.15, -0.1) is 0 Å². The average Bonchev–Trinajstić information content (AvgIpc) is 2.31. The fourth-order valence-electron chi connectivity index (χ4n) is 0.748. The first kappa shape index (κ1) is 8.98. The maximum absolute atomic E-state index is 11.8. The van der Waals surface area contributed by atoms with Crippen LogP contribution in [0.3, 0.4) is 0 Å². The zero-order valence-corrected chi connectivity index (χ0v) is 6.04. The van der Waals surface area contributed by atoms with Gasteiger partial charge < -0.3 is 5.73 Å². The summed E-state index contributed by atoms with van der Waals surface area (Å²) in [5.74, 6) is 0.132. The molecule has 68 valence electrons. The summed E-state index contributed by atoms with van der Waals surface area (Å²) in [5, 5.41) is 3.38. The van der Waals surface area contributed by atoms with Crippen LogP contribution in [0.25, 0.3) is 0 Å². The van der Waals surface area contributed by atoms with Crippen LogP contribution in [0, 0.1) is 0 Å². The van der Waals surface area contributed by atoms with Crippen molar-refractivity contribution in [1.29, 1.82) is 0 Å². The molecule has 0 radical (unpaired) electrons. The summed E-state index contributed by atoms with van der Waals surface area (Å²) in [6.45, 7) is -1.18. The summed E-state index contributed by atoms with van der Waals surface area (Å²) in [4.78, 5) is 3.55. The third kappa shape index (κ3) is 2.19. The first-order valence-corrected chi connectivity index (χ1v) is 3.16. The molecule has 0 atom stereocenters. The highest BCUT2D eigenvalue weighted by molar-refractivity contribution is 4.82. The number of aromatic nitrogens is 3. The largest absolute Gasteiger partial charge is 0.408 e. The van der Waals surface area contributed by atoms with Crippen LogP contribution in [0.15, 0.2) is 6.33 Å². The molecule has 0 aliphatic heterocycles. The fourth-order valence-corrected chi connectivity index (χ4v) is 0.748. The van der Waals surface area contributed by atoms with E-state index < -0.39 is 12.7 Å². The topological polar surface area (TPSA) is 56.7 Å². The third-order valence-electron chi connectivity index (χ3n) is 1.21. The number of hydrogen-bond acceptors (Lipinski definition) is 3. The highest BCUT2D eigenvalue weighted by Gasteiger charge is 2.29. The Bertz CT molecular complexity index is 253. The van der Waals surface area contributed by atoms with Crippen molar-refractivity contribution < 1.29 is 13.2 Å². The molecule has 0 aliphatic rings. The van der Waals surface area contributed by atoms with Crippen LogP contribution < -0.4 is 5.73 Å². The lowest BCUT2D eigenvalue weighted by Gasteiger charge is -2.07. The first-order chi connectivity index (χ1) is 5.53. The summed E-state index contributed by atoms with van der Waals surface area (Å²) < 4.78 is 36.2. The normalized spacial score (nSPS) is 12.0. The number of rotatable bonds is 2. The Morgan fingerprint density at radius 3 is 2.67 bits per heavy atom. The second-order valence-corrected chi connectivity index (χ2v) is 2.15. The van der Waals surface area contributed by atoms with Gasteiger partial charge in [0.15, 0.2) is 0 Å². The Hall–Kier alpha value is -1.11. The molecule has 7 heteroatoms. The molecule has 0 aliphatic carbocycles. The summed E-state index contributed by atoms with van der Waals surface area (Å²) >= 11 is 0. The minimum atomic E-state index is -4.28. The Kier molecular flexibility index (Phi) is 2.32. The summed E-state index contributed by atoms with van der Waals surface area (Å²) in [5.41, 5.74) is 5.12. The first-order valence-electron chi connectivity index (χ1n) is 3.16. The van der Waals surface area contributed by atoms with Crippen LogP contribution in [-0.2, 0) is 13.1 Å². The molecule has 12 heavy (non-hydrogen) atoms. The second kappa shape index (κ2) is 3.10. The number of hydrogen-bond donors (Lipinski definition) is 1. The molecule has 0 fully saturated rings. The standard InChI is InChI=1S/C5H7F3N4/c6-5(7,8)2-12-4(1-9)10-3-11-12/h3H,1-2,9H2. The molecule has 0 saturated carbocycles. The number of halogens is 3. The molecule has 0 spiro atoms. The van der Waals surface area contributed by atoms with Gasteiger partial charge in [0.05, 0.1) is 6.54 Å². The van der Waals surface area contributed by atoms with Gasteiger partial charge in [0.2, 0.25) is 0 Å². The minimum absolute atomic E-state index is 0.0456. The van der Waals surface area contributed by atoms with Crippen LogP contribution >= 0.6 is 0 Å². The number of alkyl halides is 3. The predicted octanol–water partition coefficient (Wildman–Crippen LogP) is 0.299. The monoisotopic (exact) mass is 180 g/mol. The van der Waals surface area contributed by atoms with Crippen molar-refractivity contribution in [3.05, 3.63) is 12.2 Å². The molecule has 0 unspecified atom stereocenters. The number of nitrogens with zero attached hydrogens (tertiary/aromatic N) is 3. The molecule has 2 N–H and O–H groups in total. The zero-order chi connectivity index (χ0) is 9.19. The van der Waals surface area contributed by atoms with Crippen LogP contribution in [0.4, 0.5) is 13.2 Å². The van der Waals surface area contributed by atoms with Crippen LogP contribution in [0.1, 0.15) is 5.82 Å². The highest BCUT2D eigenvalue weighted by Crippen LogP contribution is 2.17. The van der Waals surface area contributed by atoms with Gasteiger partial charge in [-0.25, -0.2) is 9.67 Å². The quantitative estimate of drug-likeness (QED) is 0.712. The molecule has 0 bridgehead atoms. The van der Waals surface area contributed by atoms with Crippen molar-refractivity contribution in [1.82, 2.24) is 14.8 Å². The average molecular weight is 180 g/mol. The van der Waals surface area contributed by atoms with Gasteiger partial charge in [0.1, 0.15) is 18.7 Å². The van der Waals surface area contributed by atoms with Gasteiger partial charge >= 0.3 is 6.18 Å². The van der Waals surface area contributed by atoms with E-state index in [9.17, 15) is 13.2 Å². The van der Waals surface area contributed by atoms with E-state index in [4.69, 9.17) is 5.73 Å². The van der Waals surface area contributed by atoms with Gasteiger partial charge in [0, 0.05) is 0 Å². The molecule has 1 aromatic heterocycles. The van der Waals surface area contributed by atoms with Gasteiger partial charge in [-0.05, 0) is 0 Å². The summed E-state index contributed by atoms with van der Waals surface area (Å²) in [6.07, 6.45) is -3.23. The third-order valence-corrected chi connectivity index (χ3v) is 1.21. The van der Waals surface area contributed by atoms with Crippen molar-refractivity contribution in [3.8, 4) is 0 Å². The van der Waals surface area contributed by atoms with Crippen molar-refractivity contribution in [3.63, 3.8) is 0 Å². The molecule has 0 aromatic carbocycles.